The van der Waals surface area contributed by atoms with Crippen LogP contribution in [0.4, 0.5) is 14.9 Å². The lowest BCUT2D eigenvalue weighted by molar-refractivity contribution is -0.116. The van der Waals surface area contributed by atoms with E-state index in [1.165, 1.54) is 24.1 Å². The molecule has 0 N–H and O–H groups in total. The van der Waals surface area contributed by atoms with Crippen molar-refractivity contribution < 1.29 is 18.7 Å². The van der Waals surface area contributed by atoms with E-state index in [9.17, 15) is 14.0 Å². The average molecular weight is 280 g/mol. The Bertz CT molecular complexity index is 572. The van der Waals surface area contributed by atoms with E-state index in [4.69, 9.17) is 4.74 Å². The number of urea groups is 1. The molecule has 108 valence electrons. The van der Waals surface area contributed by atoms with Crippen LogP contribution in [-0.2, 0) is 4.79 Å². The lowest BCUT2D eigenvalue weighted by atomic mass is 10.1. The molecule has 0 bridgehead atoms. The van der Waals surface area contributed by atoms with Crippen LogP contribution in [0.5, 0.6) is 5.75 Å². The topological polar surface area (TPSA) is 49.9 Å². The van der Waals surface area contributed by atoms with Gasteiger partial charge in [0.05, 0.1) is 11.8 Å². The molecule has 1 aromatic carbocycles. The highest BCUT2D eigenvalue weighted by Crippen LogP contribution is 2.31. The monoisotopic (exact) mass is 280 g/mol. The molecule has 1 aliphatic heterocycles. The first-order chi connectivity index (χ1) is 9.31. The first-order valence-electron chi connectivity index (χ1n) is 6.36. The number of carbonyl (C=O) groups is 2. The summed E-state index contributed by atoms with van der Waals surface area (Å²) in [6, 6.07) is 2.14. The Kier molecular flexibility index (Phi) is 3.65. The molecule has 1 aromatic rings. The second kappa shape index (κ2) is 5.11. The number of ether oxygens (including phenoxy) is 1. The normalized spacial score (nSPS) is 15.5. The second-order valence-electron chi connectivity index (χ2n) is 5.10. The average Bonchev–Trinajstić information content (AvgIpc) is 2.57. The minimum Gasteiger partial charge on any atom is -0.491 e. The highest BCUT2D eigenvalue weighted by atomic mass is 19.1. The van der Waals surface area contributed by atoms with E-state index in [-0.39, 0.29) is 18.3 Å². The number of hydrogen-bond acceptors (Lipinski definition) is 3. The Balaban J connectivity index is 2.46. The number of halogens is 1. The van der Waals surface area contributed by atoms with Crippen molar-refractivity contribution in [2.45, 2.75) is 26.9 Å². The molecule has 0 radical (unpaired) electrons. The summed E-state index contributed by atoms with van der Waals surface area (Å²) in [6.45, 7) is 5.36. The molecule has 0 aromatic heterocycles. The zero-order valence-corrected chi connectivity index (χ0v) is 11.9. The van der Waals surface area contributed by atoms with E-state index in [2.05, 4.69) is 0 Å². The fraction of sp³-hybridized carbons (Fsp3) is 0.429. The summed E-state index contributed by atoms with van der Waals surface area (Å²) in [7, 11) is 1.50. The first kappa shape index (κ1) is 14.3. The minimum atomic E-state index is -0.615. The number of nitrogens with zero attached hydrogens (tertiary/aromatic N) is 2. The van der Waals surface area contributed by atoms with E-state index in [1.807, 2.05) is 13.8 Å². The molecule has 0 unspecified atom stereocenters. The highest BCUT2D eigenvalue weighted by molar-refractivity contribution is 6.19. The summed E-state index contributed by atoms with van der Waals surface area (Å²) in [5.41, 5.74) is 0.554. The van der Waals surface area contributed by atoms with E-state index in [0.29, 0.717) is 11.3 Å². The number of anilines is 1. The van der Waals surface area contributed by atoms with Crippen LogP contribution in [0, 0.1) is 12.7 Å². The third kappa shape index (κ3) is 2.45. The van der Waals surface area contributed by atoms with E-state index >= 15 is 0 Å². The van der Waals surface area contributed by atoms with Gasteiger partial charge in [-0.25, -0.2) is 14.1 Å². The summed E-state index contributed by atoms with van der Waals surface area (Å²) in [5.74, 6) is -0.599. The van der Waals surface area contributed by atoms with E-state index < -0.39 is 17.8 Å². The van der Waals surface area contributed by atoms with Gasteiger partial charge in [-0.05, 0) is 32.4 Å². The molecular weight excluding hydrogens is 263 g/mol. The number of carbonyl (C=O) groups excluding carboxylic acids is 2. The maximum absolute atomic E-state index is 14.1. The molecule has 6 heteroatoms. The third-order valence-corrected chi connectivity index (χ3v) is 2.99. The lowest BCUT2D eigenvalue weighted by Gasteiger charge is -2.19. The standard InChI is InChI=1S/C14H17FN2O3/c1-8(2)20-12-6-11(10(15)5-9(12)3)17-13(18)7-16(4)14(17)19/h5-6,8H,7H2,1-4H3. The van der Waals surface area contributed by atoms with Gasteiger partial charge in [-0.15, -0.1) is 0 Å². The van der Waals surface area contributed by atoms with Crippen molar-refractivity contribution in [3.63, 3.8) is 0 Å². The quantitative estimate of drug-likeness (QED) is 0.798. The minimum absolute atomic E-state index is 0.0491. The van der Waals surface area contributed by atoms with Crippen molar-refractivity contribution in [3.05, 3.63) is 23.5 Å². The Labute approximate surface area is 116 Å². The SMILES string of the molecule is Cc1cc(F)c(N2C(=O)CN(C)C2=O)cc1OC(C)C. The van der Waals surface area contributed by atoms with Crippen molar-refractivity contribution in [2.75, 3.05) is 18.5 Å². The predicted octanol–water partition coefficient (Wildman–Crippen LogP) is 2.32. The van der Waals surface area contributed by atoms with Gasteiger partial charge in [0.1, 0.15) is 18.1 Å². The zero-order chi connectivity index (χ0) is 15.0. The molecule has 0 atom stereocenters. The van der Waals surface area contributed by atoms with Crippen LogP contribution in [-0.4, -0.2) is 36.5 Å². The smallest absolute Gasteiger partial charge is 0.331 e. The van der Waals surface area contributed by atoms with Crippen LogP contribution < -0.4 is 9.64 Å². The van der Waals surface area contributed by atoms with Gasteiger partial charge >= 0.3 is 6.03 Å². The molecule has 2 rings (SSSR count). The van der Waals surface area contributed by atoms with Crippen molar-refractivity contribution in [1.29, 1.82) is 0 Å². The molecule has 20 heavy (non-hydrogen) atoms. The van der Waals surface area contributed by atoms with Crippen LogP contribution >= 0.6 is 0 Å². The van der Waals surface area contributed by atoms with Crippen molar-refractivity contribution >= 4 is 17.6 Å². The molecule has 1 aliphatic rings. The van der Waals surface area contributed by atoms with Crippen LogP contribution in [0.1, 0.15) is 19.4 Å². The van der Waals surface area contributed by atoms with Gasteiger partial charge in [0.2, 0.25) is 0 Å². The Morgan fingerprint density at radius 1 is 1.30 bits per heavy atom. The third-order valence-electron chi connectivity index (χ3n) is 2.99. The molecule has 1 fully saturated rings. The Morgan fingerprint density at radius 3 is 2.45 bits per heavy atom. The lowest BCUT2D eigenvalue weighted by Crippen LogP contribution is -2.32. The number of benzene rings is 1. The molecule has 0 aliphatic carbocycles. The first-order valence-corrected chi connectivity index (χ1v) is 6.36. The van der Waals surface area contributed by atoms with Crippen LogP contribution in [0.3, 0.4) is 0 Å². The fourth-order valence-electron chi connectivity index (χ4n) is 2.05. The molecule has 0 spiro atoms. The number of amides is 3. The van der Waals surface area contributed by atoms with Crippen molar-refractivity contribution in [2.24, 2.45) is 0 Å². The second-order valence-corrected chi connectivity index (χ2v) is 5.10. The molecule has 5 nitrogen and oxygen atoms in total. The van der Waals surface area contributed by atoms with Crippen LogP contribution in [0.15, 0.2) is 12.1 Å². The maximum atomic E-state index is 14.1. The van der Waals surface area contributed by atoms with Gasteiger partial charge in [-0.1, -0.05) is 0 Å². The number of likely N-dealkylation sites (N-methyl/N-ethyl adjacent to an activating group) is 1. The van der Waals surface area contributed by atoms with Crippen LogP contribution in [0.2, 0.25) is 0 Å². The summed E-state index contributed by atoms with van der Waals surface area (Å²) >= 11 is 0. The van der Waals surface area contributed by atoms with Gasteiger partial charge in [-0.2, -0.15) is 0 Å². The van der Waals surface area contributed by atoms with Gasteiger partial charge in [-0.3, -0.25) is 4.79 Å². The summed E-state index contributed by atoms with van der Waals surface area (Å²) < 4.78 is 19.6. The van der Waals surface area contributed by atoms with Crippen molar-refractivity contribution in [3.8, 4) is 5.75 Å². The van der Waals surface area contributed by atoms with Gasteiger partial charge in [0.25, 0.3) is 5.91 Å². The summed E-state index contributed by atoms with van der Waals surface area (Å²) in [6.07, 6.45) is -0.0836. The number of aryl methyl sites for hydroxylation is 1. The number of imide groups is 1. The Hall–Kier alpha value is -2.11. The predicted molar refractivity (Wildman–Crippen MR) is 72.4 cm³/mol. The van der Waals surface area contributed by atoms with Crippen molar-refractivity contribution in [1.82, 2.24) is 4.90 Å². The fourth-order valence-corrected chi connectivity index (χ4v) is 2.05. The highest BCUT2D eigenvalue weighted by Gasteiger charge is 2.36. The van der Waals surface area contributed by atoms with E-state index in [0.717, 1.165) is 4.90 Å². The summed E-state index contributed by atoms with van der Waals surface area (Å²) in [4.78, 5) is 25.8. The number of hydrogen-bond donors (Lipinski definition) is 0. The zero-order valence-electron chi connectivity index (χ0n) is 11.9. The maximum Gasteiger partial charge on any atom is 0.331 e. The largest absolute Gasteiger partial charge is 0.491 e. The molecule has 3 amide bonds. The molecule has 1 heterocycles. The van der Waals surface area contributed by atoms with Gasteiger partial charge in [0, 0.05) is 13.1 Å². The molecular formula is C14H17FN2O3. The summed E-state index contributed by atoms with van der Waals surface area (Å²) in [5, 5.41) is 0. The molecule has 0 saturated carbocycles. The van der Waals surface area contributed by atoms with Gasteiger partial charge in [0.15, 0.2) is 0 Å². The molecule has 1 saturated heterocycles. The van der Waals surface area contributed by atoms with Crippen LogP contribution in [0.25, 0.3) is 0 Å². The number of rotatable bonds is 3. The van der Waals surface area contributed by atoms with E-state index in [1.54, 1.807) is 6.92 Å². The van der Waals surface area contributed by atoms with Gasteiger partial charge < -0.3 is 9.64 Å². The Morgan fingerprint density at radius 2 is 1.95 bits per heavy atom.